The van der Waals surface area contributed by atoms with E-state index in [-0.39, 0.29) is 0 Å². The number of aliphatic imine (C=N–C) groups is 1. The zero-order valence-corrected chi connectivity index (χ0v) is 20.6. The minimum atomic E-state index is -1.03. The summed E-state index contributed by atoms with van der Waals surface area (Å²) in [5, 5.41) is 0.960. The summed E-state index contributed by atoms with van der Waals surface area (Å²) in [5.41, 5.74) is 20.0. The molecule has 0 aromatic carbocycles. The van der Waals surface area contributed by atoms with Crippen molar-refractivity contribution < 1.29 is 8.95 Å². The van der Waals surface area contributed by atoms with Crippen LogP contribution in [0.2, 0.25) is 0 Å². The summed E-state index contributed by atoms with van der Waals surface area (Å²) in [6, 6.07) is 2.07. The van der Waals surface area contributed by atoms with E-state index in [9.17, 15) is 4.21 Å². The van der Waals surface area contributed by atoms with Crippen LogP contribution in [-0.4, -0.2) is 55.0 Å². The van der Waals surface area contributed by atoms with Crippen LogP contribution in [0.25, 0.3) is 10.2 Å². The van der Waals surface area contributed by atoms with Crippen LogP contribution in [0.15, 0.2) is 57.1 Å². The Morgan fingerprint density at radius 1 is 1.28 bits per heavy atom. The Hall–Kier alpha value is -2.87. The summed E-state index contributed by atoms with van der Waals surface area (Å²) in [6.07, 6.45) is 0.881. The third-order valence-electron chi connectivity index (χ3n) is 4.08. The van der Waals surface area contributed by atoms with Gasteiger partial charge < -0.3 is 20.4 Å². The number of nitrogens with two attached hydrogens (primary N) is 1. The highest BCUT2D eigenvalue weighted by Crippen LogP contribution is 2.38. The largest absolute Gasteiger partial charge is 0.396 e. The van der Waals surface area contributed by atoms with Gasteiger partial charge in [-0.05, 0) is 62.0 Å². The van der Waals surface area contributed by atoms with E-state index in [0.29, 0.717) is 11.4 Å². The molecule has 1 unspecified atom stereocenters. The molecule has 1 aliphatic rings. The Kier molecular flexibility index (Phi) is 12.7. The highest BCUT2D eigenvalue weighted by atomic mass is 32.2. The number of thiophene rings is 1. The molecule has 2 N–H and O–H groups in total. The van der Waals surface area contributed by atoms with Gasteiger partial charge in [-0.2, -0.15) is 0 Å². The first kappa shape index (κ1) is 27.2. The number of hydrogen-bond donors (Lipinski definition) is 1. The molecule has 0 amide bonds. The maximum absolute atomic E-state index is 12.3. The molecular formula is C24H30N4O2S2. The smallest absolute Gasteiger partial charge is 0.130 e. The lowest BCUT2D eigenvalue weighted by Gasteiger charge is -2.28. The summed E-state index contributed by atoms with van der Waals surface area (Å²) in [7, 11) is 0.612. The molecule has 2 aromatic rings. The van der Waals surface area contributed by atoms with Crippen molar-refractivity contribution in [2.24, 2.45) is 4.99 Å². The highest BCUT2D eigenvalue weighted by Gasteiger charge is 2.20. The Morgan fingerprint density at radius 2 is 1.88 bits per heavy atom. The van der Waals surface area contributed by atoms with Crippen LogP contribution in [0, 0.1) is 6.92 Å². The zero-order valence-electron chi connectivity index (χ0n) is 19.0. The van der Waals surface area contributed by atoms with Crippen molar-refractivity contribution in [1.82, 2.24) is 4.98 Å². The number of aromatic nitrogens is 1. The molecule has 3 rings (SSSR count). The van der Waals surface area contributed by atoms with Crippen LogP contribution in [0.1, 0.15) is 18.9 Å². The molecule has 1 aliphatic heterocycles. The summed E-state index contributed by atoms with van der Waals surface area (Å²) >= 11 is 1.47. The fraction of sp³-hybridized carbons (Fsp3) is 0.375. The highest BCUT2D eigenvalue weighted by molar-refractivity contribution is 7.87. The minimum absolute atomic E-state index is 0.644. The maximum Gasteiger partial charge on any atom is 0.130 e. The lowest BCUT2D eigenvalue weighted by Crippen LogP contribution is -2.36. The Bertz CT molecular complexity index is 1100. The van der Waals surface area contributed by atoms with E-state index in [4.69, 9.17) is 15.5 Å². The van der Waals surface area contributed by atoms with Gasteiger partial charge in [-0.15, -0.1) is 11.3 Å². The third-order valence-corrected chi connectivity index (χ3v) is 7.20. The third kappa shape index (κ3) is 8.00. The lowest BCUT2D eigenvalue weighted by atomic mass is 10.2. The van der Waals surface area contributed by atoms with Gasteiger partial charge in [-0.3, -0.25) is 4.21 Å². The van der Waals surface area contributed by atoms with Gasteiger partial charge in [0.1, 0.15) is 14.9 Å². The zero-order chi connectivity index (χ0) is 23.9. The maximum atomic E-state index is 12.3. The van der Waals surface area contributed by atoms with Gasteiger partial charge >= 0.3 is 0 Å². The second-order valence-corrected chi connectivity index (χ2v) is 9.24. The SMILES string of the molecule is C=C=C=C=C=C=C.C=NC.CCCS(=O)c1sc2nc(N3CCOCC3)cc(C)c2c1N. The molecular weight excluding hydrogens is 440 g/mol. The average molecular weight is 471 g/mol. The first-order valence-electron chi connectivity index (χ1n) is 9.99. The molecule has 1 saturated heterocycles. The van der Waals surface area contributed by atoms with Gasteiger partial charge in [0.15, 0.2) is 0 Å². The van der Waals surface area contributed by atoms with Gasteiger partial charge in [-0.1, -0.05) is 18.4 Å². The number of rotatable bonds is 4. The van der Waals surface area contributed by atoms with Crippen molar-refractivity contribution in [3.8, 4) is 0 Å². The molecule has 0 aliphatic carbocycles. The van der Waals surface area contributed by atoms with E-state index in [0.717, 1.165) is 58.5 Å². The molecule has 3 heterocycles. The lowest BCUT2D eigenvalue weighted by molar-refractivity contribution is 0.122. The minimum Gasteiger partial charge on any atom is -0.396 e. The van der Waals surface area contributed by atoms with Gasteiger partial charge in [-0.25, -0.2) is 4.98 Å². The van der Waals surface area contributed by atoms with E-state index >= 15 is 0 Å². The number of aryl methyl sites for hydroxylation is 1. The van der Waals surface area contributed by atoms with E-state index < -0.39 is 10.8 Å². The molecule has 1 fully saturated rings. The van der Waals surface area contributed by atoms with Crippen LogP contribution in [0.4, 0.5) is 11.5 Å². The molecule has 8 heteroatoms. The molecule has 0 bridgehead atoms. The van der Waals surface area contributed by atoms with Gasteiger partial charge in [0, 0.05) is 31.3 Å². The van der Waals surface area contributed by atoms with E-state index in [1.165, 1.54) is 11.3 Å². The van der Waals surface area contributed by atoms with Crippen molar-refractivity contribution in [3.05, 3.63) is 53.4 Å². The number of fused-ring (bicyclic) bond motifs is 1. The Balaban J connectivity index is 0.000000433. The van der Waals surface area contributed by atoms with Crippen LogP contribution in [0.5, 0.6) is 0 Å². The molecule has 1 atom stereocenters. The number of morpholine rings is 1. The first-order chi connectivity index (χ1) is 15.4. The number of pyridine rings is 1. The van der Waals surface area contributed by atoms with E-state index in [2.05, 4.69) is 64.5 Å². The van der Waals surface area contributed by atoms with Crippen molar-refractivity contribution in [2.45, 2.75) is 24.5 Å². The topological polar surface area (TPSA) is 80.8 Å². The number of hydrogen-bond acceptors (Lipinski definition) is 7. The quantitative estimate of drug-likeness (QED) is 0.528. The standard InChI is InChI=1S/C15H21N3O2S2.C7H4.C2H5N/c1-3-8-22(19)15-13(16)12-10(2)9-11(17-14(12)21-15)18-4-6-20-7-5-18;1-3-5-7-6-4-2;1-3-2/h9H,3-8,16H2,1-2H3;1-2H2;1H2,2H3. The predicted molar refractivity (Wildman–Crippen MR) is 138 cm³/mol. The Morgan fingerprint density at radius 3 is 2.41 bits per heavy atom. The van der Waals surface area contributed by atoms with Gasteiger partial charge in [0.25, 0.3) is 0 Å². The van der Waals surface area contributed by atoms with Crippen LogP contribution in [0.3, 0.4) is 0 Å². The monoisotopic (exact) mass is 470 g/mol. The number of nitrogens with zero attached hydrogens (tertiary/aromatic N) is 3. The summed E-state index contributed by atoms with van der Waals surface area (Å²) in [6.45, 7) is 16.9. The molecule has 6 nitrogen and oxygen atoms in total. The average Bonchev–Trinajstić information content (AvgIpc) is 3.13. The van der Waals surface area contributed by atoms with E-state index in [1.54, 1.807) is 7.05 Å². The molecule has 32 heavy (non-hydrogen) atoms. The number of nitrogen functional groups attached to an aromatic ring is 1. The second kappa shape index (κ2) is 15.0. The molecule has 170 valence electrons. The fourth-order valence-electron chi connectivity index (χ4n) is 2.79. The van der Waals surface area contributed by atoms with E-state index in [1.807, 2.05) is 13.8 Å². The molecule has 0 radical (unpaired) electrons. The van der Waals surface area contributed by atoms with Crippen LogP contribution < -0.4 is 10.6 Å². The van der Waals surface area contributed by atoms with Gasteiger partial charge in [0.05, 0.1) is 29.7 Å². The second-order valence-electron chi connectivity index (χ2n) is 6.47. The van der Waals surface area contributed by atoms with Crippen LogP contribution in [-0.2, 0) is 15.5 Å². The van der Waals surface area contributed by atoms with Crippen LogP contribution >= 0.6 is 11.3 Å². The predicted octanol–water partition coefficient (Wildman–Crippen LogP) is 4.44. The molecule has 0 spiro atoms. The summed E-state index contributed by atoms with van der Waals surface area (Å²) in [5.74, 6) is 1.61. The van der Waals surface area contributed by atoms with Crippen molar-refractivity contribution in [1.29, 1.82) is 0 Å². The first-order valence-corrected chi connectivity index (χ1v) is 12.1. The number of anilines is 2. The number of ether oxygens (including phenoxy) is 1. The fourth-order valence-corrected chi connectivity index (χ4v) is 5.46. The van der Waals surface area contributed by atoms with Gasteiger partial charge in [0.2, 0.25) is 0 Å². The van der Waals surface area contributed by atoms with Crippen molar-refractivity contribution in [2.75, 3.05) is 49.7 Å². The van der Waals surface area contributed by atoms with Crippen molar-refractivity contribution >= 4 is 50.6 Å². The molecule has 0 saturated carbocycles. The van der Waals surface area contributed by atoms with Crippen molar-refractivity contribution in [3.63, 3.8) is 0 Å². The summed E-state index contributed by atoms with van der Waals surface area (Å²) in [4.78, 5) is 11.1. The molecule has 2 aromatic heterocycles. The normalized spacial score (nSPS) is 12.9. The Labute approximate surface area is 197 Å². The summed E-state index contributed by atoms with van der Waals surface area (Å²) < 4.78 is 18.5.